The van der Waals surface area contributed by atoms with Crippen molar-refractivity contribution in [1.82, 2.24) is 4.98 Å². The van der Waals surface area contributed by atoms with Crippen LogP contribution in [0.3, 0.4) is 0 Å². The van der Waals surface area contributed by atoms with E-state index in [4.69, 9.17) is 12.2 Å². The van der Waals surface area contributed by atoms with Gasteiger partial charge in [-0.15, -0.1) is 12.3 Å². The second-order valence-corrected chi connectivity index (χ2v) is 3.20. The minimum atomic E-state index is -0.0851. The lowest BCUT2D eigenvalue weighted by Gasteiger charge is -2.11. The first-order valence-electron chi connectivity index (χ1n) is 4.27. The van der Waals surface area contributed by atoms with Crippen molar-refractivity contribution >= 4 is 0 Å². The Morgan fingerprint density at radius 1 is 1.62 bits per heavy atom. The van der Waals surface area contributed by atoms with Crippen molar-refractivity contribution in [3.8, 4) is 12.3 Å². The Morgan fingerprint density at radius 3 is 2.85 bits per heavy atom. The lowest BCUT2D eigenvalue weighted by Crippen LogP contribution is -2.11. The minimum Gasteiger partial charge on any atom is -0.323 e. The van der Waals surface area contributed by atoms with Gasteiger partial charge in [-0.2, -0.15) is 0 Å². The molecule has 0 radical (unpaired) electrons. The van der Waals surface area contributed by atoms with Crippen LogP contribution in [-0.2, 0) is 0 Å². The predicted molar refractivity (Wildman–Crippen MR) is 54.1 cm³/mol. The molecule has 2 N–H and O–H groups in total. The van der Waals surface area contributed by atoms with Crippen LogP contribution in [0.15, 0.2) is 12.3 Å². The van der Waals surface area contributed by atoms with Crippen LogP contribution in [0.4, 0.5) is 0 Å². The summed E-state index contributed by atoms with van der Waals surface area (Å²) in [6, 6.07) is 1.93. The number of rotatable bonds is 2. The summed E-state index contributed by atoms with van der Waals surface area (Å²) in [6.07, 6.45) is 7.57. The van der Waals surface area contributed by atoms with E-state index in [1.807, 2.05) is 26.1 Å². The van der Waals surface area contributed by atoms with Crippen LogP contribution in [0, 0.1) is 26.2 Å². The fourth-order valence-corrected chi connectivity index (χ4v) is 1.33. The second kappa shape index (κ2) is 4.06. The molecule has 0 aromatic carbocycles. The van der Waals surface area contributed by atoms with Crippen LogP contribution < -0.4 is 5.73 Å². The molecule has 2 nitrogen and oxygen atoms in total. The first-order chi connectivity index (χ1) is 6.15. The van der Waals surface area contributed by atoms with Gasteiger partial charge < -0.3 is 5.73 Å². The zero-order chi connectivity index (χ0) is 9.84. The molecular formula is C11H14N2. The summed E-state index contributed by atoms with van der Waals surface area (Å²) in [5.41, 5.74) is 9.09. The van der Waals surface area contributed by atoms with Gasteiger partial charge in [-0.3, -0.25) is 4.98 Å². The molecule has 0 aliphatic heterocycles. The monoisotopic (exact) mass is 174 g/mol. The number of pyridine rings is 1. The molecule has 0 bridgehead atoms. The number of nitrogens with zero attached hydrogens (tertiary/aromatic N) is 1. The van der Waals surface area contributed by atoms with Gasteiger partial charge >= 0.3 is 0 Å². The maximum Gasteiger partial charge on any atom is 0.0423 e. The van der Waals surface area contributed by atoms with Gasteiger partial charge in [-0.1, -0.05) is 0 Å². The van der Waals surface area contributed by atoms with Crippen LogP contribution >= 0.6 is 0 Å². The predicted octanol–water partition coefficient (Wildman–Crippen LogP) is 1.72. The Morgan fingerprint density at radius 2 is 2.31 bits per heavy atom. The van der Waals surface area contributed by atoms with Crippen LogP contribution in [-0.4, -0.2) is 4.98 Å². The highest BCUT2D eigenvalue weighted by Crippen LogP contribution is 2.17. The van der Waals surface area contributed by atoms with E-state index in [-0.39, 0.29) is 6.04 Å². The third-order valence-electron chi connectivity index (χ3n) is 2.03. The van der Waals surface area contributed by atoms with Gasteiger partial charge in [0.25, 0.3) is 0 Å². The van der Waals surface area contributed by atoms with E-state index in [1.165, 1.54) is 0 Å². The molecule has 68 valence electrons. The van der Waals surface area contributed by atoms with E-state index in [2.05, 4.69) is 10.9 Å². The van der Waals surface area contributed by atoms with Crippen LogP contribution in [0.1, 0.15) is 29.3 Å². The van der Waals surface area contributed by atoms with Crippen LogP contribution in [0.25, 0.3) is 0 Å². The summed E-state index contributed by atoms with van der Waals surface area (Å²) in [5, 5.41) is 0. The van der Waals surface area contributed by atoms with Gasteiger partial charge in [0.1, 0.15) is 0 Å². The third kappa shape index (κ3) is 2.30. The maximum atomic E-state index is 5.87. The minimum absolute atomic E-state index is 0.0851. The van der Waals surface area contributed by atoms with E-state index in [1.54, 1.807) is 0 Å². The molecule has 1 atom stereocenters. The molecule has 1 heterocycles. The molecule has 1 unspecified atom stereocenters. The number of hydrogen-bond donors (Lipinski definition) is 1. The van der Waals surface area contributed by atoms with E-state index < -0.39 is 0 Å². The Bertz CT molecular complexity index is 336. The Hall–Kier alpha value is -1.33. The van der Waals surface area contributed by atoms with Gasteiger partial charge in [0, 0.05) is 24.4 Å². The molecule has 13 heavy (non-hydrogen) atoms. The average Bonchev–Trinajstić information content (AvgIpc) is 2.04. The van der Waals surface area contributed by atoms with Gasteiger partial charge in [-0.25, -0.2) is 0 Å². The molecule has 0 spiro atoms. The SMILES string of the molecule is C#CCC(N)c1cnc(C)cc1C. The van der Waals surface area contributed by atoms with E-state index in [0.29, 0.717) is 6.42 Å². The topological polar surface area (TPSA) is 38.9 Å². The summed E-state index contributed by atoms with van der Waals surface area (Å²) in [7, 11) is 0. The molecule has 1 aromatic heterocycles. The summed E-state index contributed by atoms with van der Waals surface area (Å²) in [5.74, 6) is 2.56. The highest BCUT2D eigenvalue weighted by molar-refractivity contribution is 5.28. The summed E-state index contributed by atoms with van der Waals surface area (Å²) in [4.78, 5) is 4.19. The largest absolute Gasteiger partial charge is 0.323 e. The molecular weight excluding hydrogens is 160 g/mol. The van der Waals surface area contributed by atoms with Crippen molar-refractivity contribution in [3.05, 3.63) is 29.1 Å². The van der Waals surface area contributed by atoms with Crippen LogP contribution in [0.5, 0.6) is 0 Å². The lowest BCUT2D eigenvalue weighted by molar-refractivity contribution is 0.742. The number of terminal acetylenes is 1. The lowest BCUT2D eigenvalue weighted by atomic mass is 10.0. The van der Waals surface area contributed by atoms with Crippen molar-refractivity contribution in [2.24, 2.45) is 5.73 Å². The molecule has 0 fully saturated rings. The smallest absolute Gasteiger partial charge is 0.0423 e. The molecule has 0 aliphatic carbocycles. The molecule has 2 heteroatoms. The zero-order valence-electron chi connectivity index (χ0n) is 8.04. The first-order valence-corrected chi connectivity index (χ1v) is 4.27. The number of aryl methyl sites for hydroxylation is 2. The Labute approximate surface area is 79.2 Å². The molecule has 0 saturated carbocycles. The molecule has 0 aliphatic rings. The van der Waals surface area contributed by atoms with Gasteiger partial charge in [0.2, 0.25) is 0 Å². The summed E-state index contributed by atoms with van der Waals surface area (Å²) in [6.45, 7) is 3.99. The molecule has 1 rings (SSSR count). The second-order valence-electron chi connectivity index (χ2n) is 3.20. The fraction of sp³-hybridized carbons (Fsp3) is 0.364. The standard InChI is InChI=1S/C11H14N2/c1-4-5-11(12)10-7-13-9(3)6-8(10)2/h1,6-7,11H,5,12H2,2-3H3. The highest BCUT2D eigenvalue weighted by atomic mass is 14.7. The molecule has 1 aromatic rings. The molecule has 0 saturated heterocycles. The highest BCUT2D eigenvalue weighted by Gasteiger charge is 2.07. The maximum absolute atomic E-state index is 5.87. The molecule has 0 amide bonds. The first kappa shape index (κ1) is 9.76. The van der Waals surface area contributed by atoms with Crippen molar-refractivity contribution in [2.75, 3.05) is 0 Å². The summed E-state index contributed by atoms with van der Waals surface area (Å²) >= 11 is 0. The van der Waals surface area contributed by atoms with Gasteiger partial charge in [0.15, 0.2) is 0 Å². The Kier molecular flexibility index (Phi) is 3.05. The van der Waals surface area contributed by atoms with Gasteiger partial charge in [0.05, 0.1) is 0 Å². The van der Waals surface area contributed by atoms with E-state index >= 15 is 0 Å². The number of nitrogens with two attached hydrogens (primary N) is 1. The van der Waals surface area contributed by atoms with Crippen molar-refractivity contribution < 1.29 is 0 Å². The van der Waals surface area contributed by atoms with Crippen molar-refractivity contribution in [1.29, 1.82) is 0 Å². The van der Waals surface area contributed by atoms with E-state index in [0.717, 1.165) is 16.8 Å². The zero-order valence-corrected chi connectivity index (χ0v) is 8.04. The van der Waals surface area contributed by atoms with Gasteiger partial charge in [-0.05, 0) is 31.0 Å². The van der Waals surface area contributed by atoms with Crippen molar-refractivity contribution in [3.63, 3.8) is 0 Å². The fourth-order valence-electron chi connectivity index (χ4n) is 1.33. The van der Waals surface area contributed by atoms with E-state index in [9.17, 15) is 0 Å². The number of hydrogen-bond acceptors (Lipinski definition) is 2. The number of aromatic nitrogens is 1. The normalized spacial score (nSPS) is 12.2. The van der Waals surface area contributed by atoms with Crippen molar-refractivity contribution in [2.45, 2.75) is 26.3 Å². The third-order valence-corrected chi connectivity index (χ3v) is 2.03. The quantitative estimate of drug-likeness (QED) is 0.693. The van der Waals surface area contributed by atoms with Crippen LogP contribution in [0.2, 0.25) is 0 Å². The average molecular weight is 174 g/mol. The Balaban J connectivity index is 2.96. The summed E-state index contributed by atoms with van der Waals surface area (Å²) < 4.78 is 0.